The van der Waals surface area contributed by atoms with Gasteiger partial charge in [0.2, 0.25) is 0 Å². The smallest absolute Gasteiger partial charge is 0.404 e. The maximum absolute atomic E-state index is 12.1. The maximum Gasteiger partial charge on any atom is 0.404 e. The number of amides is 1. The number of unbranched alkanes of at least 4 members (excludes halogenated alkanes) is 2. The topological polar surface area (TPSA) is 67.8 Å². The predicted octanol–water partition coefficient (Wildman–Crippen LogP) is 4.13. The number of ether oxygens (including phenoxy) is 2. The van der Waals surface area contributed by atoms with Gasteiger partial charge in [0.1, 0.15) is 11.5 Å². The van der Waals surface area contributed by atoms with Crippen molar-refractivity contribution in [2.45, 2.75) is 43.5 Å². The second kappa shape index (κ2) is 11.0. The van der Waals surface area contributed by atoms with Crippen LogP contribution in [-0.2, 0) is 6.42 Å². The highest BCUT2D eigenvalue weighted by atomic mass is 32.2. The zero-order valence-corrected chi connectivity index (χ0v) is 15.2. The molecule has 1 atom stereocenters. The van der Waals surface area contributed by atoms with Crippen molar-refractivity contribution in [3.05, 3.63) is 17.7 Å². The SMILES string of the molecule is COc1cc(SCCCCCF)c(OC)cc1CC(C)NC(=O)O. The minimum atomic E-state index is -1.05. The number of carbonyl (C=O) groups is 1. The van der Waals surface area contributed by atoms with Crippen molar-refractivity contribution in [3.8, 4) is 11.5 Å². The molecule has 24 heavy (non-hydrogen) atoms. The van der Waals surface area contributed by atoms with Crippen molar-refractivity contribution >= 4 is 17.9 Å². The summed E-state index contributed by atoms with van der Waals surface area (Å²) in [5.74, 6) is 2.33. The molecule has 0 saturated carbocycles. The lowest BCUT2D eigenvalue weighted by Gasteiger charge is -2.17. The molecule has 136 valence electrons. The molecule has 5 nitrogen and oxygen atoms in total. The molecule has 0 radical (unpaired) electrons. The average molecular weight is 359 g/mol. The summed E-state index contributed by atoms with van der Waals surface area (Å²) in [4.78, 5) is 11.7. The second-order valence-corrected chi connectivity index (χ2v) is 6.60. The Morgan fingerprint density at radius 1 is 1.25 bits per heavy atom. The van der Waals surface area contributed by atoms with Gasteiger partial charge in [-0.15, -0.1) is 11.8 Å². The predicted molar refractivity (Wildman–Crippen MR) is 94.4 cm³/mol. The number of rotatable bonds is 11. The third kappa shape index (κ3) is 6.86. The van der Waals surface area contributed by atoms with Crippen molar-refractivity contribution in [1.29, 1.82) is 0 Å². The summed E-state index contributed by atoms with van der Waals surface area (Å²) in [5, 5.41) is 11.2. The van der Waals surface area contributed by atoms with Crippen LogP contribution in [0.2, 0.25) is 0 Å². The van der Waals surface area contributed by atoms with Gasteiger partial charge in [-0.1, -0.05) is 6.42 Å². The van der Waals surface area contributed by atoms with Crippen LogP contribution in [0.15, 0.2) is 17.0 Å². The summed E-state index contributed by atoms with van der Waals surface area (Å²) < 4.78 is 23.0. The summed E-state index contributed by atoms with van der Waals surface area (Å²) in [6.07, 6.45) is 1.89. The molecule has 0 aliphatic carbocycles. The molecule has 1 amide bonds. The first-order valence-corrected chi connectivity index (χ1v) is 8.93. The third-order valence-corrected chi connectivity index (χ3v) is 4.62. The highest BCUT2D eigenvalue weighted by Gasteiger charge is 2.15. The van der Waals surface area contributed by atoms with E-state index in [1.165, 1.54) is 0 Å². The maximum atomic E-state index is 12.1. The molecular formula is C17H26FNO4S. The van der Waals surface area contributed by atoms with Gasteiger partial charge in [0, 0.05) is 6.04 Å². The van der Waals surface area contributed by atoms with Crippen LogP contribution in [0.25, 0.3) is 0 Å². The Labute approximate surface area is 146 Å². The molecule has 1 unspecified atom stereocenters. The largest absolute Gasteiger partial charge is 0.496 e. The molecule has 0 bridgehead atoms. The summed E-state index contributed by atoms with van der Waals surface area (Å²) in [7, 11) is 3.20. The number of hydrogen-bond donors (Lipinski definition) is 2. The lowest BCUT2D eigenvalue weighted by molar-refractivity contribution is 0.190. The lowest BCUT2D eigenvalue weighted by Crippen LogP contribution is -2.32. The van der Waals surface area contributed by atoms with Gasteiger partial charge < -0.3 is 19.9 Å². The molecule has 2 N–H and O–H groups in total. The summed E-state index contributed by atoms with van der Waals surface area (Å²) in [6.45, 7) is 1.53. The molecule has 0 aromatic heterocycles. The normalized spacial score (nSPS) is 11.8. The summed E-state index contributed by atoms with van der Waals surface area (Å²) >= 11 is 1.65. The van der Waals surface area contributed by atoms with Crippen LogP contribution in [0.3, 0.4) is 0 Å². The monoisotopic (exact) mass is 359 g/mol. The van der Waals surface area contributed by atoms with Crippen LogP contribution in [0.1, 0.15) is 31.7 Å². The molecule has 7 heteroatoms. The van der Waals surface area contributed by atoms with E-state index in [-0.39, 0.29) is 12.7 Å². The second-order valence-electron chi connectivity index (χ2n) is 5.47. The molecule has 0 aliphatic rings. The molecule has 0 heterocycles. The van der Waals surface area contributed by atoms with Crippen LogP contribution in [0.4, 0.5) is 9.18 Å². The number of nitrogens with one attached hydrogen (secondary N) is 1. The van der Waals surface area contributed by atoms with Crippen molar-refractivity contribution < 1.29 is 23.8 Å². The van der Waals surface area contributed by atoms with E-state index in [9.17, 15) is 9.18 Å². The van der Waals surface area contributed by atoms with Crippen molar-refractivity contribution in [2.24, 2.45) is 0 Å². The minimum absolute atomic E-state index is 0.236. The first kappa shape index (κ1) is 20.4. The fourth-order valence-corrected chi connectivity index (χ4v) is 3.40. The Hall–Kier alpha value is -1.63. The molecule has 1 aromatic carbocycles. The summed E-state index contributed by atoms with van der Waals surface area (Å²) in [6, 6.07) is 3.57. The number of hydrogen-bond acceptors (Lipinski definition) is 4. The first-order valence-electron chi connectivity index (χ1n) is 7.95. The Morgan fingerprint density at radius 3 is 2.54 bits per heavy atom. The van der Waals surface area contributed by atoms with Crippen LogP contribution >= 0.6 is 11.8 Å². The van der Waals surface area contributed by atoms with Gasteiger partial charge in [-0.3, -0.25) is 4.39 Å². The number of halogens is 1. The zero-order chi connectivity index (χ0) is 17.9. The van der Waals surface area contributed by atoms with E-state index in [4.69, 9.17) is 14.6 Å². The van der Waals surface area contributed by atoms with E-state index < -0.39 is 6.09 Å². The quantitative estimate of drug-likeness (QED) is 0.459. The molecule has 0 spiro atoms. The van der Waals surface area contributed by atoms with E-state index in [1.807, 2.05) is 12.1 Å². The highest BCUT2D eigenvalue weighted by Crippen LogP contribution is 2.36. The van der Waals surface area contributed by atoms with Crippen LogP contribution in [0.5, 0.6) is 11.5 Å². The molecule has 0 aliphatic heterocycles. The third-order valence-electron chi connectivity index (χ3n) is 3.50. The standard InChI is InChI=1S/C17H26FNO4S/c1-12(19-17(20)21)9-13-10-15(23-3)16(11-14(13)22-2)24-8-6-4-5-7-18/h10-12,19H,4-9H2,1-3H3,(H,20,21). The number of thioether (sulfide) groups is 1. The van der Waals surface area contributed by atoms with Crippen LogP contribution < -0.4 is 14.8 Å². The van der Waals surface area contributed by atoms with Crippen molar-refractivity contribution in [2.75, 3.05) is 26.6 Å². The Morgan fingerprint density at radius 2 is 1.96 bits per heavy atom. The van der Waals surface area contributed by atoms with Gasteiger partial charge in [0.05, 0.1) is 25.8 Å². The Balaban J connectivity index is 2.82. The molecule has 1 aromatic rings. The number of methoxy groups -OCH3 is 2. The first-order chi connectivity index (χ1) is 11.5. The van der Waals surface area contributed by atoms with Gasteiger partial charge in [0.15, 0.2) is 0 Å². The Bertz CT molecular complexity index is 528. The van der Waals surface area contributed by atoms with Crippen LogP contribution in [0, 0.1) is 0 Å². The van der Waals surface area contributed by atoms with Crippen LogP contribution in [-0.4, -0.2) is 43.9 Å². The fourth-order valence-electron chi connectivity index (χ4n) is 2.35. The van der Waals surface area contributed by atoms with Gasteiger partial charge >= 0.3 is 6.09 Å². The van der Waals surface area contributed by atoms with Crippen molar-refractivity contribution in [3.63, 3.8) is 0 Å². The molecule has 0 saturated heterocycles. The minimum Gasteiger partial charge on any atom is -0.496 e. The van der Waals surface area contributed by atoms with E-state index in [2.05, 4.69) is 5.32 Å². The number of carboxylic acid groups (broad SMARTS) is 1. The van der Waals surface area contributed by atoms with Gasteiger partial charge in [0.25, 0.3) is 0 Å². The molecule has 1 rings (SSSR count). The Kier molecular flexibility index (Phi) is 9.37. The van der Waals surface area contributed by atoms with Gasteiger partial charge in [-0.2, -0.15) is 0 Å². The van der Waals surface area contributed by atoms with E-state index in [1.54, 1.807) is 32.9 Å². The van der Waals surface area contributed by atoms with E-state index in [0.29, 0.717) is 18.6 Å². The zero-order valence-electron chi connectivity index (χ0n) is 14.4. The van der Waals surface area contributed by atoms with Gasteiger partial charge in [-0.25, -0.2) is 4.79 Å². The van der Waals surface area contributed by atoms with E-state index in [0.717, 1.165) is 34.8 Å². The fraction of sp³-hybridized carbons (Fsp3) is 0.588. The highest BCUT2D eigenvalue weighted by molar-refractivity contribution is 7.99. The molecule has 0 fully saturated rings. The van der Waals surface area contributed by atoms with Gasteiger partial charge in [-0.05, 0) is 49.6 Å². The lowest BCUT2D eigenvalue weighted by atomic mass is 10.1. The average Bonchev–Trinajstić information content (AvgIpc) is 2.54. The summed E-state index contributed by atoms with van der Waals surface area (Å²) in [5.41, 5.74) is 0.886. The van der Waals surface area contributed by atoms with Crippen molar-refractivity contribution in [1.82, 2.24) is 5.32 Å². The number of benzene rings is 1. The van der Waals surface area contributed by atoms with E-state index >= 15 is 0 Å². The molecular weight excluding hydrogens is 333 g/mol. The number of alkyl halides is 1.